The van der Waals surface area contributed by atoms with Crippen LogP contribution in [0.2, 0.25) is 0 Å². The number of halogens is 1. The van der Waals surface area contributed by atoms with Gasteiger partial charge in [-0.2, -0.15) is 0 Å². The quantitative estimate of drug-likeness (QED) is 0.194. The molecule has 3 aromatic carbocycles. The van der Waals surface area contributed by atoms with E-state index in [0.717, 1.165) is 41.5 Å². The van der Waals surface area contributed by atoms with Crippen LogP contribution in [0, 0.1) is 0 Å². The predicted octanol–water partition coefficient (Wildman–Crippen LogP) is 7.35. The van der Waals surface area contributed by atoms with Gasteiger partial charge in [0, 0.05) is 15.7 Å². The summed E-state index contributed by atoms with van der Waals surface area (Å²) in [5.74, 6) is -0.343. The Balaban J connectivity index is 1.44. The number of amides is 4. The van der Waals surface area contributed by atoms with Crippen LogP contribution < -0.4 is 21.3 Å². The summed E-state index contributed by atoms with van der Waals surface area (Å²) < 4.78 is 6.09. The highest BCUT2D eigenvalue weighted by Crippen LogP contribution is 2.28. The number of hydrogen-bond acceptors (Lipinski definition) is 5. The molecule has 4 N–H and O–H groups in total. The summed E-state index contributed by atoms with van der Waals surface area (Å²) >= 11 is 3.42. The average molecular weight is 651 g/mol. The van der Waals surface area contributed by atoms with Gasteiger partial charge in [-0.3, -0.25) is 10.1 Å². The van der Waals surface area contributed by atoms with Gasteiger partial charge >= 0.3 is 12.1 Å². The molecular formula is C33H40BrN5O4. The fourth-order valence-corrected chi connectivity index (χ4v) is 5.25. The lowest BCUT2D eigenvalue weighted by Gasteiger charge is -2.22. The first-order valence-corrected chi connectivity index (χ1v) is 15.2. The van der Waals surface area contributed by atoms with Crippen molar-refractivity contribution >= 4 is 51.0 Å². The fraction of sp³-hybridized carbons (Fsp3) is 0.364. The van der Waals surface area contributed by atoms with E-state index in [0.29, 0.717) is 23.4 Å². The smallest absolute Gasteiger partial charge is 0.412 e. The minimum Gasteiger partial charge on any atom is -0.444 e. The number of nitrogens with one attached hydrogen (secondary N) is 4. The van der Waals surface area contributed by atoms with Gasteiger partial charge in [0.1, 0.15) is 5.60 Å². The lowest BCUT2D eigenvalue weighted by molar-refractivity contribution is 0.0635. The van der Waals surface area contributed by atoms with E-state index < -0.39 is 11.7 Å². The molecule has 3 aromatic rings. The van der Waals surface area contributed by atoms with Crippen LogP contribution in [0.15, 0.2) is 65.1 Å². The zero-order valence-electron chi connectivity index (χ0n) is 25.3. The van der Waals surface area contributed by atoms with E-state index in [1.807, 2.05) is 32.3 Å². The highest BCUT2D eigenvalue weighted by atomic mass is 79.9. The van der Waals surface area contributed by atoms with Crippen LogP contribution in [0.3, 0.4) is 0 Å². The zero-order valence-corrected chi connectivity index (χ0v) is 26.9. The number of ether oxygens (including phenoxy) is 1. The van der Waals surface area contributed by atoms with Crippen LogP contribution >= 0.6 is 15.9 Å². The summed E-state index contributed by atoms with van der Waals surface area (Å²) in [7, 11) is 3.98. The molecule has 1 atom stereocenters. The van der Waals surface area contributed by atoms with E-state index in [4.69, 9.17) is 4.74 Å². The number of carbonyl (C=O) groups excluding carboxylic acids is 3. The van der Waals surface area contributed by atoms with Crippen LogP contribution in [-0.2, 0) is 17.6 Å². The average Bonchev–Trinajstić information content (AvgIpc) is 3.39. The number of nitrogens with zero attached hydrogens (tertiary/aromatic N) is 1. The normalized spacial score (nSPS) is 13.2. The lowest BCUT2D eigenvalue weighted by Crippen LogP contribution is -2.34. The first-order chi connectivity index (χ1) is 20.4. The number of aryl methyl sites for hydroxylation is 2. The van der Waals surface area contributed by atoms with Crippen molar-refractivity contribution in [3.8, 4) is 0 Å². The Kier molecular flexibility index (Phi) is 10.5. The zero-order chi connectivity index (χ0) is 31.1. The van der Waals surface area contributed by atoms with Crippen LogP contribution in [0.1, 0.15) is 66.7 Å². The molecule has 43 heavy (non-hydrogen) atoms. The molecule has 1 aliphatic rings. The number of benzene rings is 3. The van der Waals surface area contributed by atoms with Crippen LogP contribution in [0.4, 0.5) is 26.7 Å². The van der Waals surface area contributed by atoms with Gasteiger partial charge in [0.15, 0.2) is 0 Å². The van der Waals surface area contributed by atoms with Crippen molar-refractivity contribution in [1.29, 1.82) is 0 Å². The molecule has 1 aliphatic carbocycles. The van der Waals surface area contributed by atoms with Crippen molar-refractivity contribution in [2.75, 3.05) is 36.6 Å². The third-order valence-corrected chi connectivity index (χ3v) is 7.46. The van der Waals surface area contributed by atoms with E-state index in [1.54, 1.807) is 51.1 Å². The van der Waals surface area contributed by atoms with E-state index in [-0.39, 0.29) is 18.0 Å². The number of hydrogen-bond donors (Lipinski definition) is 4. The molecular weight excluding hydrogens is 610 g/mol. The fourth-order valence-electron chi connectivity index (χ4n) is 4.89. The molecule has 0 fully saturated rings. The Morgan fingerprint density at radius 1 is 0.884 bits per heavy atom. The molecule has 0 saturated heterocycles. The van der Waals surface area contributed by atoms with Crippen molar-refractivity contribution in [2.45, 2.75) is 58.1 Å². The van der Waals surface area contributed by atoms with Gasteiger partial charge < -0.3 is 25.6 Å². The maximum Gasteiger partial charge on any atom is 0.412 e. The molecule has 1 unspecified atom stereocenters. The molecule has 4 rings (SSSR count). The Morgan fingerprint density at radius 2 is 1.60 bits per heavy atom. The molecule has 0 radical (unpaired) electrons. The summed E-state index contributed by atoms with van der Waals surface area (Å²) in [6.07, 6.45) is 3.36. The minimum atomic E-state index is -0.661. The number of carbonyl (C=O) groups is 3. The topological polar surface area (TPSA) is 112 Å². The molecule has 0 heterocycles. The van der Waals surface area contributed by atoms with Gasteiger partial charge in [0.25, 0.3) is 5.91 Å². The van der Waals surface area contributed by atoms with Crippen molar-refractivity contribution in [3.05, 3.63) is 87.4 Å². The van der Waals surface area contributed by atoms with Crippen LogP contribution in [0.5, 0.6) is 0 Å². The van der Waals surface area contributed by atoms with Crippen molar-refractivity contribution in [2.24, 2.45) is 0 Å². The second-order valence-electron chi connectivity index (χ2n) is 12.0. The third kappa shape index (κ3) is 9.56. The lowest BCUT2D eigenvalue weighted by atomic mass is 10.0. The molecule has 0 bridgehead atoms. The Labute approximate surface area is 261 Å². The first kappa shape index (κ1) is 32.0. The van der Waals surface area contributed by atoms with Crippen LogP contribution in [-0.4, -0.2) is 49.2 Å². The Hall–Kier alpha value is -3.89. The standard InChI is InChI=1S/C33H40BrN5O4/c1-33(2,3)43-32(42)38-28-16-14-25(34)20-29(28)36-30(40)23-11-9-22(10-12-23)27(17-18-39(4)5)37-31(41)35-26-15-13-21-7-6-8-24(21)19-26/h9-16,19-20,27H,6-8,17-18H2,1-5H3,(H,36,40)(H,38,42)(H2,35,37,41). The van der Waals surface area contributed by atoms with Crippen molar-refractivity contribution in [1.82, 2.24) is 10.2 Å². The second-order valence-corrected chi connectivity index (χ2v) is 12.9. The maximum atomic E-state index is 13.2. The molecule has 228 valence electrons. The SMILES string of the molecule is CN(C)CCC(NC(=O)Nc1ccc2c(c1)CCC2)c1ccc(C(=O)Nc2cc(Br)ccc2NC(=O)OC(C)(C)C)cc1. The summed E-state index contributed by atoms with van der Waals surface area (Å²) in [6.45, 7) is 6.10. The van der Waals surface area contributed by atoms with Gasteiger partial charge in [-0.1, -0.05) is 34.1 Å². The summed E-state index contributed by atoms with van der Waals surface area (Å²) in [6, 6.07) is 17.9. The largest absolute Gasteiger partial charge is 0.444 e. The third-order valence-electron chi connectivity index (χ3n) is 6.97. The molecule has 0 aliphatic heterocycles. The Morgan fingerprint density at radius 3 is 2.30 bits per heavy atom. The van der Waals surface area contributed by atoms with E-state index >= 15 is 0 Å². The van der Waals surface area contributed by atoms with Crippen molar-refractivity contribution < 1.29 is 19.1 Å². The van der Waals surface area contributed by atoms with Gasteiger partial charge in [-0.25, -0.2) is 9.59 Å². The van der Waals surface area contributed by atoms with E-state index in [9.17, 15) is 14.4 Å². The monoisotopic (exact) mass is 649 g/mol. The highest BCUT2D eigenvalue weighted by Gasteiger charge is 2.20. The van der Waals surface area contributed by atoms with Gasteiger partial charge in [-0.05, 0) is 126 Å². The molecule has 0 saturated carbocycles. The molecule has 0 spiro atoms. The first-order valence-electron chi connectivity index (χ1n) is 14.4. The molecule has 0 aromatic heterocycles. The summed E-state index contributed by atoms with van der Waals surface area (Å²) in [5.41, 5.74) is 4.92. The summed E-state index contributed by atoms with van der Waals surface area (Å²) in [4.78, 5) is 40.6. The number of fused-ring (bicyclic) bond motifs is 1. The molecule has 4 amide bonds. The number of urea groups is 1. The molecule has 10 heteroatoms. The highest BCUT2D eigenvalue weighted by molar-refractivity contribution is 9.10. The Bertz CT molecular complexity index is 1470. The predicted molar refractivity (Wildman–Crippen MR) is 175 cm³/mol. The van der Waals surface area contributed by atoms with E-state index in [1.165, 1.54) is 11.1 Å². The van der Waals surface area contributed by atoms with Gasteiger partial charge in [0.05, 0.1) is 17.4 Å². The van der Waals surface area contributed by atoms with Crippen LogP contribution in [0.25, 0.3) is 0 Å². The molecule has 9 nitrogen and oxygen atoms in total. The van der Waals surface area contributed by atoms with Crippen molar-refractivity contribution in [3.63, 3.8) is 0 Å². The summed E-state index contributed by atoms with van der Waals surface area (Å²) in [5, 5.41) is 11.7. The number of rotatable bonds is 9. The van der Waals surface area contributed by atoms with E-state index in [2.05, 4.69) is 54.2 Å². The van der Waals surface area contributed by atoms with Gasteiger partial charge in [-0.15, -0.1) is 0 Å². The second kappa shape index (κ2) is 14.1. The van der Waals surface area contributed by atoms with Gasteiger partial charge in [0.2, 0.25) is 0 Å². The maximum absolute atomic E-state index is 13.2. The number of anilines is 3. The minimum absolute atomic E-state index is 0.261.